The number of methoxy groups -OCH3 is 2. The number of carbonyl (C=O) groups is 2. The lowest BCUT2D eigenvalue weighted by atomic mass is 9.99. The number of fused-ring (bicyclic) bond motifs is 1. The van der Waals surface area contributed by atoms with Crippen LogP contribution < -0.4 is 23.8 Å². The number of anilines is 1. The van der Waals surface area contributed by atoms with Gasteiger partial charge in [-0.3, -0.25) is 14.5 Å². The summed E-state index contributed by atoms with van der Waals surface area (Å²) >= 11 is 7.65. The van der Waals surface area contributed by atoms with Crippen LogP contribution in [0.15, 0.2) is 53.4 Å². The number of carbonyl (C=O) groups excluding carboxylic acids is 2. The number of ketones is 1. The highest BCUT2D eigenvalue weighted by molar-refractivity contribution is 7.10. The van der Waals surface area contributed by atoms with Crippen LogP contribution in [0.1, 0.15) is 16.5 Å². The van der Waals surface area contributed by atoms with E-state index in [-0.39, 0.29) is 28.7 Å². The molecule has 0 radical (unpaired) electrons. The zero-order chi connectivity index (χ0) is 24.0. The summed E-state index contributed by atoms with van der Waals surface area (Å²) in [6.07, 6.45) is 0. The quantitative estimate of drug-likeness (QED) is 0.307. The zero-order valence-electron chi connectivity index (χ0n) is 18.0. The molecule has 2 aromatic carbocycles. The predicted octanol–water partition coefficient (Wildman–Crippen LogP) is 4.77. The van der Waals surface area contributed by atoms with Gasteiger partial charge in [-0.05, 0) is 29.6 Å². The minimum atomic E-state index is -0.869. The normalized spacial score (nSPS) is 18.4. The number of ether oxygens (including phenoxy) is 4. The molecule has 1 N–H and O–H groups in total. The molecule has 0 saturated carbocycles. The standard InChI is InChI=1S/C24H18ClNO7S/c1-30-16-10-17(31-2)14(25)9-13(16)22(27)20-21(19-4-3-7-34-19)26(24(29)23(20)28)12-5-6-15-18(8-12)33-11-32-15/h3-10,21,27H,11H2,1-2H3/b22-20-. The van der Waals surface area contributed by atoms with Crippen molar-refractivity contribution in [3.63, 3.8) is 0 Å². The summed E-state index contributed by atoms with van der Waals surface area (Å²) in [7, 11) is 2.87. The second-order valence-electron chi connectivity index (χ2n) is 7.41. The maximum atomic E-state index is 13.3. The first kappa shape index (κ1) is 22.1. The number of amides is 1. The molecule has 1 saturated heterocycles. The van der Waals surface area contributed by atoms with Crippen LogP contribution in [0, 0.1) is 0 Å². The number of aliphatic hydroxyl groups excluding tert-OH is 1. The lowest BCUT2D eigenvalue weighted by Crippen LogP contribution is -2.29. The Morgan fingerprint density at radius 2 is 1.85 bits per heavy atom. The van der Waals surface area contributed by atoms with Crippen molar-refractivity contribution in [1.29, 1.82) is 0 Å². The van der Waals surface area contributed by atoms with Gasteiger partial charge in [0, 0.05) is 22.7 Å². The molecular weight excluding hydrogens is 482 g/mol. The fourth-order valence-electron chi connectivity index (χ4n) is 4.04. The van der Waals surface area contributed by atoms with Crippen molar-refractivity contribution in [2.75, 3.05) is 25.9 Å². The van der Waals surface area contributed by atoms with Gasteiger partial charge in [-0.2, -0.15) is 0 Å². The first-order valence-corrected chi connectivity index (χ1v) is 11.4. The van der Waals surface area contributed by atoms with Crippen molar-refractivity contribution < 1.29 is 33.6 Å². The maximum Gasteiger partial charge on any atom is 0.300 e. The third-order valence-corrected chi connectivity index (χ3v) is 6.84. The average Bonchev–Trinajstić information content (AvgIpc) is 3.58. The minimum absolute atomic E-state index is 0.0734. The first-order chi connectivity index (χ1) is 16.4. The van der Waals surface area contributed by atoms with Gasteiger partial charge in [-0.1, -0.05) is 17.7 Å². The van der Waals surface area contributed by atoms with Crippen molar-refractivity contribution in [1.82, 2.24) is 0 Å². The Labute approximate surface area is 203 Å². The number of thiophene rings is 1. The van der Waals surface area contributed by atoms with E-state index in [0.717, 1.165) is 0 Å². The number of aliphatic hydroxyl groups is 1. The van der Waals surface area contributed by atoms with Crippen LogP contribution in [0.25, 0.3) is 5.76 Å². The number of Topliss-reactive ketones (excluding diaryl/α,β-unsaturated/α-hetero) is 1. The molecule has 10 heteroatoms. The Morgan fingerprint density at radius 3 is 2.56 bits per heavy atom. The molecule has 8 nitrogen and oxygen atoms in total. The van der Waals surface area contributed by atoms with Crippen molar-refractivity contribution in [2.45, 2.75) is 6.04 Å². The molecule has 0 spiro atoms. The lowest BCUT2D eigenvalue weighted by molar-refractivity contribution is -0.132. The van der Waals surface area contributed by atoms with Crippen LogP contribution in [0.3, 0.4) is 0 Å². The number of hydrogen-bond donors (Lipinski definition) is 1. The van der Waals surface area contributed by atoms with Crippen molar-refractivity contribution >= 4 is 46.1 Å². The molecule has 2 aliphatic rings. The molecule has 2 aliphatic heterocycles. The summed E-state index contributed by atoms with van der Waals surface area (Å²) in [5.74, 6) is -0.427. The number of nitrogens with zero attached hydrogens (tertiary/aromatic N) is 1. The highest BCUT2D eigenvalue weighted by Crippen LogP contribution is 2.47. The number of halogens is 1. The fraction of sp³-hybridized carbons (Fsp3) is 0.167. The van der Waals surface area contributed by atoms with E-state index in [4.69, 9.17) is 30.5 Å². The van der Waals surface area contributed by atoms with Crippen molar-refractivity contribution in [3.05, 3.63) is 68.9 Å². The van der Waals surface area contributed by atoms with Crippen molar-refractivity contribution in [3.8, 4) is 23.0 Å². The topological polar surface area (TPSA) is 94.5 Å². The Kier molecular flexibility index (Phi) is 5.59. The van der Waals surface area contributed by atoms with E-state index in [2.05, 4.69) is 0 Å². The van der Waals surface area contributed by atoms with Gasteiger partial charge >= 0.3 is 0 Å². The first-order valence-electron chi connectivity index (χ1n) is 10.1. The lowest BCUT2D eigenvalue weighted by Gasteiger charge is -2.24. The van der Waals surface area contributed by atoms with Crippen LogP contribution in [0.2, 0.25) is 5.02 Å². The number of hydrogen-bond acceptors (Lipinski definition) is 8. The molecule has 3 heterocycles. The summed E-state index contributed by atoms with van der Waals surface area (Å²) in [4.78, 5) is 28.6. The van der Waals surface area contributed by atoms with E-state index in [1.807, 2.05) is 11.4 Å². The Morgan fingerprint density at radius 1 is 1.09 bits per heavy atom. The molecule has 0 aliphatic carbocycles. The van der Waals surface area contributed by atoms with Crippen LogP contribution >= 0.6 is 22.9 Å². The van der Waals surface area contributed by atoms with Gasteiger partial charge in [-0.25, -0.2) is 0 Å². The SMILES string of the molecule is COc1cc(OC)c(/C(O)=C2/C(=O)C(=O)N(c3ccc4c(c3)OCO4)C2c2cccs2)cc1Cl. The fourth-order valence-corrected chi connectivity index (χ4v) is 5.10. The highest BCUT2D eigenvalue weighted by Gasteiger charge is 2.48. The molecule has 1 fully saturated rings. The van der Waals surface area contributed by atoms with Crippen LogP contribution in [-0.4, -0.2) is 37.8 Å². The van der Waals surface area contributed by atoms with Gasteiger partial charge in [0.1, 0.15) is 23.3 Å². The predicted molar refractivity (Wildman–Crippen MR) is 126 cm³/mol. The zero-order valence-corrected chi connectivity index (χ0v) is 19.6. The summed E-state index contributed by atoms with van der Waals surface area (Å²) in [6, 6.07) is 10.7. The van der Waals surface area contributed by atoms with E-state index in [9.17, 15) is 14.7 Å². The van der Waals surface area contributed by atoms with Gasteiger partial charge in [0.25, 0.3) is 11.7 Å². The summed E-state index contributed by atoms with van der Waals surface area (Å²) < 4.78 is 21.4. The summed E-state index contributed by atoms with van der Waals surface area (Å²) in [5, 5.41) is 13.4. The monoisotopic (exact) mass is 499 g/mol. The van der Waals surface area contributed by atoms with E-state index in [1.54, 1.807) is 24.3 Å². The molecule has 1 aromatic heterocycles. The average molecular weight is 500 g/mol. The van der Waals surface area contributed by atoms with Gasteiger partial charge in [0.2, 0.25) is 6.79 Å². The smallest absolute Gasteiger partial charge is 0.300 e. The Hall–Kier alpha value is -3.69. The molecule has 1 unspecified atom stereocenters. The molecule has 0 bridgehead atoms. The Bertz CT molecular complexity index is 1340. The number of rotatable bonds is 5. The Balaban J connectivity index is 1.71. The molecular formula is C24H18ClNO7S. The summed E-state index contributed by atoms with van der Waals surface area (Å²) in [5.41, 5.74) is 0.520. The molecule has 1 atom stereocenters. The highest BCUT2D eigenvalue weighted by atomic mass is 35.5. The van der Waals surface area contributed by atoms with Crippen LogP contribution in [0.4, 0.5) is 5.69 Å². The molecule has 34 heavy (non-hydrogen) atoms. The number of benzene rings is 2. The second-order valence-corrected chi connectivity index (χ2v) is 8.80. The molecule has 1 amide bonds. The summed E-state index contributed by atoms with van der Waals surface area (Å²) in [6.45, 7) is 0.0734. The van der Waals surface area contributed by atoms with Crippen LogP contribution in [0.5, 0.6) is 23.0 Å². The minimum Gasteiger partial charge on any atom is -0.507 e. The molecule has 3 aromatic rings. The van der Waals surface area contributed by atoms with E-state index < -0.39 is 23.5 Å². The third-order valence-electron chi connectivity index (χ3n) is 5.62. The van der Waals surface area contributed by atoms with Gasteiger partial charge < -0.3 is 24.1 Å². The van der Waals surface area contributed by atoms with E-state index in [0.29, 0.717) is 27.8 Å². The van der Waals surface area contributed by atoms with Gasteiger partial charge in [-0.15, -0.1) is 11.3 Å². The van der Waals surface area contributed by atoms with Gasteiger partial charge in [0.05, 0.1) is 30.4 Å². The molecule has 174 valence electrons. The van der Waals surface area contributed by atoms with Crippen molar-refractivity contribution in [2.24, 2.45) is 0 Å². The van der Waals surface area contributed by atoms with Gasteiger partial charge in [0.15, 0.2) is 11.5 Å². The second kappa shape index (κ2) is 8.58. The van der Waals surface area contributed by atoms with E-state index in [1.165, 1.54) is 42.6 Å². The maximum absolute atomic E-state index is 13.3. The van der Waals surface area contributed by atoms with E-state index >= 15 is 0 Å². The van der Waals surface area contributed by atoms with Crippen LogP contribution in [-0.2, 0) is 9.59 Å². The molecule has 5 rings (SSSR count). The largest absolute Gasteiger partial charge is 0.507 e. The third kappa shape index (κ3) is 3.44.